The normalized spacial score (nSPS) is 11.9. The molecular formula is C27H34O5. The molecule has 0 saturated carbocycles. The molecule has 2 rings (SSSR count). The maximum atomic E-state index is 11.5. The van der Waals surface area contributed by atoms with Crippen LogP contribution in [0.2, 0.25) is 0 Å². The van der Waals surface area contributed by atoms with Crippen LogP contribution in [0.5, 0.6) is 0 Å². The quantitative estimate of drug-likeness (QED) is 0.173. The second-order valence-corrected chi connectivity index (χ2v) is 7.33. The highest BCUT2D eigenvalue weighted by Crippen LogP contribution is 2.21. The molecule has 0 aliphatic heterocycles. The predicted molar refractivity (Wildman–Crippen MR) is 127 cm³/mol. The summed E-state index contributed by atoms with van der Waals surface area (Å²) in [6, 6.07) is 20.6. The lowest BCUT2D eigenvalue weighted by Crippen LogP contribution is -2.10. The molecule has 0 amide bonds. The number of rotatable bonds is 14. The van der Waals surface area contributed by atoms with Crippen molar-refractivity contribution in [1.82, 2.24) is 0 Å². The Kier molecular flexibility index (Phi) is 12.6. The van der Waals surface area contributed by atoms with Crippen LogP contribution in [0.25, 0.3) is 11.1 Å². The van der Waals surface area contributed by atoms with Gasteiger partial charge in [-0.3, -0.25) is 9.78 Å². The topological polar surface area (TPSA) is 54.0 Å². The highest BCUT2D eigenvalue weighted by Gasteiger charge is 2.07. The van der Waals surface area contributed by atoms with Gasteiger partial charge < -0.3 is 0 Å². The van der Waals surface area contributed by atoms with Crippen molar-refractivity contribution in [3.63, 3.8) is 0 Å². The Morgan fingerprint density at radius 3 is 1.44 bits per heavy atom. The molecule has 0 aliphatic carbocycles. The largest absolute Gasteiger partial charge is 0.573 e. The second-order valence-electron chi connectivity index (χ2n) is 7.33. The van der Waals surface area contributed by atoms with Gasteiger partial charge in [0, 0.05) is 0 Å². The molecule has 0 saturated heterocycles. The monoisotopic (exact) mass is 438 g/mol. The van der Waals surface area contributed by atoms with E-state index in [1.54, 1.807) is 0 Å². The lowest BCUT2D eigenvalue weighted by molar-refractivity contribution is -0.319. The molecule has 5 heteroatoms. The number of hydrogen-bond acceptors (Lipinski definition) is 5. The Labute approximate surface area is 191 Å². The molecule has 5 nitrogen and oxygen atoms in total. The van der Waals surface area contributed by atoms with Gasteiger partial charge in [-0.1, -0.05) is 72.8 Å². The number of carbonyl (C=O) groups is 1. The van der Waals surface area contributed by atoms with E-state index in [1.807, 2.05) is 50.2 Å². The van der Waals surface area contributed by atoms with Crippen LogP contribution in [0.4, 0.5) is 4.79 Å². The average Bonchev–Trinajstić information content (AvgIpc) is 2.84. The molecule has 0 unspecified atom stereocenters. The SMILES string of the molecule is C/C=C(\CCCCOOC(=O)OOCCCC/C(=C\C)c1ccccc1)c1ccccc1. The summed E-state index contributed by atoms with van der Waals surface area (Å²) in [6.07, 6.45) is 8.56. The third-order valence-corrected chi connectivity index (χ3v) is 5.09. The molecule has 0 bridgehead atoms. The van der Waals surface area contributed by atoms with Crippen molar-refractivity contribution in [3.8, 4) is 0 Å². The van der Waals surface area contributed by atoms with Gasteiger partial charge in [0.1, 0.15) is 0 Å². The summed E-state index contributed by atoms with van der Waals surface area (Å²) in [5.74, 6) is 0. The van der Waals surface area contributed by atoms with Gasteiger partial charge in [0.15, 0.2) is 0 Å². The number of hydrogen-bond donors (Lipinski definition) is 0. The van der Waals surface area contributed by atoms with E-state index in [2.05, 4.69) is 46.2 Å². The van der Waals surface area contributed by atoms with E-state index < -0.39 is 6.16 Å². The van der Waals surface area contributed by atoms with Crippen LogP contribution in [0.15, 0.2) is 72.8 Å². The summed E-state index contributed by atoms with van der Waals surface area (Å²) in [7, 11) is 0. The molecule has 0 atom stereocenters. The molecule has 2 aromatic carbocycles. The van der Waals surface area contributed by atoms with Gasteiger partial charge in [-0.05, 0) is 74.6 Å². The Bertz CT molecular complexity index is 758. The first-order valence-electron chi connectivity index (χ1n) is 11.3. The van der Waals surface area contributed by atoms with Crippen molar-refractivity contribution in [2.75, 3.05) is 13.2 Å². The van der Waals surface area contributed by atoms with E-state index in [0.29, 0.717) is 13.2 Å². The minimum Gasteiger partial charge on any atom is -0.257 e. The molecular weight excluding hydrogens is 404 g/mol. The van der Waals surface area contributed by atoms with E-state index in [0.717, 1.165) is 38.5 Å². The molecule has 32 heavy (non-hydrogen) atoms. The van der Waals surface area contributed by atoms with Crippen molar-refractivity contribution in [2.24, 2.45) is 0 Å². The summed E-state index contributed by atoms with van der Waals surface area (Å²) < 4.78 is 0. The van der Waals surface area contributed by atoms with Crippen molar-refractivity contribution < 1.29 is 24.3 Å². The summed E-state index contributed by atoms with van der Waals surface area (Å²) in [5, 5.41) is 0. The molecule has 0 N–H and O–H groups in total. The van der Waals surface area contributed by atoms with Crippen LogP contribution in [0.1, 0.15) is 63.5 Å². The van der Waals surface area contributed by atoms with Gasteiger partial charge in [0.05, 0.1) is 13.2 Å². The number of carbonyl (C=O) groups excluding carboxylic acids is 1. The van der Waals surface area contributed by atoms with E-state index >= 15 is 0 Å². The van der Waals surface area contributed by atoms with Gasteiger partial charge in [-0.15, -0.1) is 0 Å². The number of benzene rings is 2. The predicted octanol–water partition coefficient (Wildman–Crippen LogP) is 7.55. The molecule has 0 heterocycles. The second kappa shape index (κ2) is 15.8. The first kappa shape index (κ1) is 25.4. The van der Waals surface area contributed by atoms with Crippen LogP contribution in [0.3, 0.4) is 0 Å². The molecule has 2 aromatic rings. The van der Waals surface area contributed by atoms with Crippen LogP contribution >= 0.6 is 0 Å². The zero-order valence-corrected chi connectivity index (χ0v) is 19.1. The lowest BCUT2D eigenvalue weighted by atomic mass is 10.0. The number of allylic oxidation sites excluding steroid dienone is 4. The zero-order chi connectivity index (χ0) is 22.9. The zero-order valence-electron chi connectivity index (χ0n) is 19.1. The third-order valence-electron chi connectivity index (χ3n) is 5.09. The van der Waals surface area contributed by atoms with E-state index in [4.69, 9.17) is 9.78 Å². The summed E-state index contributed by atoms with van der Waals surface area (Å²) in [5.41, 5.74) is 5.05. The first-order valence-corrected chi connectivity index (χ1v) is 11.3. The smallest absolute Gasteiger partial charge is 0.257 e. The van der Waals surface area contributed by atoms with Crippen LogP contribution in [-0.4, -0.2) is 19.4 Å². The highest BCUT2D eigenvalue weighted by molar-refractivity contribution is 5.65. The molecule has 0 aromatic heterocycles. The third kappa shape index (κ3) is 9.94. The Morgan fingerprint density at radius 1 is 0.656 bits per heavy atom. The molecule has 172 valence electrons. The van der Waals surface area contributed by atoms with Gasteiger partial charge in [0.2, 0.25) is 0 Å². The fraction of sp³-hybridized carbons (Fsp3) is 0.370. The fourth-order valence-corrected chi connectivity index (χ4v) is 3.36. The first-order chi connectivity index (χ1) is 15.7. The average molecular weight is 439 g/mol. The minimum atomic E-state index is -0.984. The Hall–Kier alpha value is -2.89. The number of unbranched alkanes of at least 4 members (excludes halogenated alkanes) is 2. The van der Waals surface area contributed by atoms with E-state index in [1.165, 1.54) is 22.3 Å². The maximum Gasteiger partial charge on any atom is 0.573 e. The van der Waals surface area contributed by atoms with Crippen molar-refractivity contribution in [3.05, 3.63) is 83.9 Å². The van der Waals surface area contributed by atoms with Crippen LogP contribution in [0, 0.1) is 0 Å². The highest BCUT2D eigenvalue weighted by atomic mass is 17.3. The molecule has 0 radical (unpaired) electrons. The van der Waals surface area contributed by atoms with Crippen molar-refractivity contribution in [2.45, 2.75) is 52.4 Å². The summed E-state index contributed by atoms with van der Waals surface area (Å²) >= 11 is 0. The van der Waals surface area contributed by atoms with E-state index in [-0.39, 0.29) is 0 Å². The van der Waals surface area contributed by atoms with Crippen molar-refractivity contribution in [1.29, 1.82) is 0 Å². The minimum absolute atomic E-state index is 0.312. The van der Waals surface area contributed by atoms with Crippen LogP contribution in [-0.2, 0) is 19.6 Å². The Morgan fingerprint density at radius 2 is 1.06 bits per heavy atom. The molecule has 0 fully saturated rings. The summed E-state index contributed by atoms with van der Waals surface area (Å²) in [6.45, 7) is 4.71. The maximum absolute atomic E-state index is 11.5. The fourth-order valence-electron chi connectivity index (χ4n) is 3.36. The Balaban J connectivity index is 1.46. The molecule has 0 spiro atoms. The van der Waals surface area contributed by atoms with Gasteiger partial charge >= 0.3 is 6.16 Å². The van der Waals surface area contributed by atoms with E-state index in [9.17, 15) is 4.79 Å². The molecule has 0 aliphatic rings. The van der Waals surface area contributed by atoms with Gasteiger partial charge in [-0.25, -0.2) is 0 Å². The van der Waals surface area contributed by atoms with Crippen LogP contribution < -0.4 is 0 Å². The van der Waals surface area contributed by atoms with Gasteiger partial charge in [-0.2, -0.15) is 14.6 Å². The lowest BCUT2D eigenvalue weighted by Gasteiger charge is -2.08. The standard InChI is InChI=1S/C27H34O5/c1-3-23(25-17-7-5-8-18-25)15-11-13-21-29-31-27(28)32-30-22-14-12-16-24(4-2)26-19-9-6-10-20-26/h3-10,17-20H,11-16,21-22H2,1-2H3/b23-3+,24-4+. The summed E-state index contributed by atoms with van der Waals surface area (Å²) in [4.78, 5) is 30.4. The van der Waals surface area contributed by atoms with Crippen molar-refractivity contribution >= 4 is 17.3 Å². The van der Waals surface area contributed by atoms with Gasteiger partial charge in [0.25, 0.3) is 0 Å².